The Morgan fingerprint density at radius 2 is 1.84 bits per heavy atom. The number of hydrogen-bond acceptors (Lipinski definition) is 3. The third-order valence-electron chi connectivity index (χ3n) is 4.76. The molecule has 0 saturated heterocycles. The molecule has 0 N–H and O–H groups in total. The number of allylic oxidation sites excluding steroid dienone is 1. The monoisotopic (exact) mass is 264 g/mol. The summed E-state index contributed by atoms with van der Waals surface area (Å²) in [6.45, 7) is 9.99. The maximum atomic E-state index is 12.0. The van der Waals surface area contributed by atoms with Crippen molar-refractivity contribution in [1.29, 1.82) is 0 Å². The summed E-state index contributed by atoms with van der Waals surface area (Å²) in [6.07, 6.45) is 3.05. The minimum atomic E-state index is -0.278. The number of Topliss-reactive ketones (excluding diaryl/α,β-unsaturated/α-hetero) is 1. The number of carbonyl (C=O) groups excluding carboxylic acids is 2. The Hall–Kier alpha value is -1.12. The van der Waals surface area contributed by atoms with Gasteiger partial charge in [0.2, 0.25) is 0 Å². The lowest BCUT2D eigenvalue weighted by molar-refractivity contribution is -0.140. The molecule has 2 aliphatic carbocycles. The predicted molar refractivity (Wildman–Crippen MR) is 73.6 cm³/mol. The summed E-state index contributed by atoms with van der Waals surface area (Å²) in [4.78, 5) is 23.1. The third kappa shape index (κ3) is 2.75. The van der Waals surface area contributed by atoms with Crippen LogP contribution in [0.15, 0.2) is 11.1 Å². The van der Waals surface area contributed by atoms with Crippen LogP contribution in [0.5, 0.6) is 0 Å². The molecule has 0 unspecified atom stereocenters. The van der Waals surface area contributed by atoms with Crippen LogP contribution in [0.4, 0.5) is 0 Å². The zero-order valence-electron chi connectivity index (χ0n) is 12.6. The molecule has 19 heavy (non-hydrogen) atoms. The van der Waals surface area contributed by atoms with Gasteiger partial charge in [0.15, 0.2) is 5.78 Å². The lowest BCUT2D eigenvalue weighted by atomic mass is 9.80. The molecule has 0 aromatic rings. The zero-order valence-corrected chi connectivity index (χ0v) is 12.6. The molecule has 3 heteroatoms. The van der Waals surface area contributed by atoms with Gasteiger partial charge in [0, 0.05) is 6.92 Å². The van der Waals surface area contributed by atoms with E-state index in [0.29, 0.717) is 5.92 Å². The molecule has 0 spiro atoms. The minimum Gasteiger partial charge on any atom is -0.461 e. The number of fused-ring (bicyclic) bond motifs is 1. The summed E-state index contributed by atoms with van der Waals surface area (Å²) in [5.41, 5.74) is 2.20. The summed E-state index contributed by atoms with van der Waals surface area (Å²) < 4.78 is 5.20. The Kier molecular flexibility index (Phi) is 3.36. The molecule has 2 aliphatic rings. The van der Waals surface area contributed by atoms with Gasteiger partial charge in [0.1, 0.15) is 6.61 Å². The van der Waals surface area contributed by atoms with Crippen LogP contribution in [0.25, 0.3) is 0 Å². The first-order valence-electron chi connectivity index (χ1n) is 7.02. The summed E-state index contributed by atoms with van der Waals surface area (Å²) in [7, 11) is 0. The molecule has 2 rings (SSSR count). The molecular formula is C16H24O3. The van der Waals surface area contributed by atoms with Crippen LogP contribution in [0.2, 0.25) is 0 Å². The Balaban J connectivity index is 2.38. The first kappa shape index (κ1) is 14.3. The van der Waals surface area contributed by atoms with Crippen LogP contribution >= 0.6 is 0 Å². The van der Waals surface area contributed by atoms with Crippen LogP contribution in [-0.2, 0) is 14.3 Å². The minimum absolute atomic E-state index is 0.0736. The maximum Gasteiger partial charge on any atom is 0.302 e. The second-order valence-corrected chi connectivity index (χ2v) is 7.16. The van der Waals surface area contributed by atoms with Crippen molar-refractivity contribution in [2.75, 3.05) is 6.61 Å². The van der Waals surface area contributed by atoms with Crippen LogP contribution in [-0.4, -0.2) is 18.4 Å². The van der Waals surface area contributed by atoms with E-state index >= 15 is 0 Å². The highest BCUT2D eigenvalue weighted by molar-refractivity contribution is 5.94. The highest BCUT2D eigenvalue weighted by atomic mass is 16.5. The van der Waals surface area contributed by atoms with Crippen molar-refractivity contribution >= 4 is 11.8 Å². The van der Waals surface area contributed by atoms with E-state index in [1.165, 1.54) is 6.92 Å². The fourth-order valence-corrected chi connectivity index (χ4v) is 3.55. The van der Waals surface area contributed by atoms with Gasteiger partial charge in [-0.2, -0.15) is 0 Å². The molecule has 3 nitrogen and oxygen atoms in total. The molecule has 2 atom stereocenters. The van der Waals surface area contributed by atoms with Crippen LogP contribution in [0, 0.1) is 16.7 Å². The molecule has 0 aliphatic heterocycles. The van der Waals surface area contributed by atoms with Gasteiger partial charge in [-0.25, -0.2) is 0 Å². The fourth-order valence-electron chi connectivity index (χ4n) is 3.55. The number of ether oxygens (including phenoxy) is 1. The van der Waals surface area contributed by atoms with E-state index < -0.39 is 0 Å². The molecule has 106 valence electrons. The number of carbonyl (C=O) groups is 2. The number of hydrogen-bond donors (Lipinski definition) is 0. The molecule has 0 aromatic heterocycles. The van der Waals surface area contributed by atoms with E-state index in [4.69, 9.17) is 4.74 Å². The molecule has 0 amide bonds. The van der Waals surface area contributed by atoms with Crippen molar-refractivity contribution in [2.24, 2.45) is 16.7 Å². The second kappa shape index (κ2) is 4.46. The Bertz CT molecular complexity index is 459. The molecule has 0 radical (unpaired) electrons. The van der Waals surface area contributed by atoms with E-state index in [2.05, 4.69) is 20.8 Å². The van der Waals surface area contributed by atoms with Crippen molar-refractivity contribution in [3.05, 3.63) is 11.1 Å². The van der Waals surface area contributed by atoms with Crippen LogP contribution in [0.3, 0.4) is 0 Å². The van der Waals surface area contributed by atoms with Crippen LogP contribution in [0.1, 0.15) is 53.9 Å². The van der Waals surface area contributed by atoms with Crippen LogP contribution < -0.4 is 0 Å². The topological polar surface area (TPSA) is 43.4 Å². The van der Waals surface area contributed by atoms with Gasteiger partial charge >= 0.3 is 5.97 Å². The lowest BCUT2D eigenvalue weighted by Gasteiger charge is -2.24. The SMILES string of the molecule is CC(=O)OCC1=C(C(C)=O)CC(C)(C)C[C@@H]2C[C@@]12C. The van der Waals surface area contributed by atoms with Gasteiger partial charge in [-0.3, -0.25) is 9.59 Å². The van der Waals surface area contributed by atoms with E-state index in [9.17, 15) is 9.59 Å². The second-order valence-electron chi connectivity index (χ2n) is 7.16. The zero-order chi connectivity index (χ0) is 14.4. The van der Waals surface area contributed by atoms with E-state index in [0.717, 1.165) is 30.4 Å². The van der Waals surface area contributed by atoms with E-state index in [1.807, 2.05) is 0 Å². The number of ketones is 1. The van der Waals surface area contributed by atoms with Crippen molar-refractivity contribution in [3.8, 4) is 0 Å². The van der Waals surface area contributed by atoms with Gasteiger partial charge in [-0.15, -0.1) is 0 Å². The maximum absolute atomic E-state index is 12.0. The molecule has 1 saturated carbocycles. The predicted octanol–water partition coefficient (Wildman–Crippen LogP) is 3.28. The molecule has 0 heterocycles. The molecule has 0 bridgehead atoms. The first-order chi connectivity index (χ1) is 8.66. The standard InChI is InChI=1S/C16H24O3/c1-10(17)13-8-15(3,4)6-12-7-16(12,5)14(13)9-19-11(2)18/h12H,6-9H2,1-5H3/t12-,16-/m1/s1. The van der Waals surface area contributed by atoms with Crippen molar-refractivity contribution < 1.29 is 14.3 Å². The van der Waals surface area contributed by atoms with Crippen molar-refractivity contribution in [1.82, 2.24) is 0 Å². The van der Waals surface area contributed by atoms with Crippen molar-refractivity contribution in [3.63, 3.8) is 0 Å². The van der Waals surface area contributed by atoms with E-state index in [1.54, 1.807) is 6.92 Å². The average molecular weight is 264 g/mol. The highest BCUT2D eigenvalue weighted by Crippen LogP contribution is 2.64. The normalized spacial score (nSPS) is 32.4. The van der Waals surface area contributed by atoms with Gasteiger partial charge in [-0.1, -0.05) is 20.8 Å². The quantitative estimate of drug-likeness (QED) is 0.735. The molecule has 1 fully saturated rings. The third-order valence-corrected chi connectivity index (χ3v) is 4.76. The fraction of sp³-hybridized carbons (Fsp3) is 0.750. The Morgan fingerprint density at radius 3 is 2.37 bits per heavy atom. The molecular weight excluding hydrogens is 240 g/mol. The van der Waals surface area contributed by atoms with Gasteiger partial charge in [0.25, 0.3) is 0 Å². The highest BCUT2D eigenvalue weighted by Gasteiger charge is 2.56. The van der Waals surface area contributed by atoms with Gasteiger partial charge in [0.05, 0.1) is 0 Å². The summed E-state index contributed by atoms with van der Waals surface area (Å²) in [5.74, 6) is 0.480. The van der Waals surface area contributed by atoms with Gasteiger partial charge < -0.3 is 4.74 Å². The largest absolute Gasteiger partial charge is 0.461 e. The summed E-state index contributed by atoms with van der Waals surface area (Å²) in [5, 5.41) is 0. The smallest absolute Gasteiger partial charge is 0.302 e. The summed E-state index contributed by atoms with van der Waals surface area (Å²) >= 11 is 0. The average Bonchev–Trinajstić information content (AvgIpc) is 2.86. The van der Waals surface area contributed by atoms with E-state index in [-0.39, 0.29) is 29.2 Å². The van der Waals surface area contributed by atoms with Crippen molar-refractivity contribution in [2.45, 2.75) is 53.9 Å². The van der Waals surface area contributed by atoms with Gasteiger partial charge in [-0.05, 0) is 54.1 Å². The molecule has 0 aromatic carbocycles. The number of esters is 1. The lowest BCUT2D eigenvalue weighted by Crippen LogP contribution is -2.18. The number of rotatable bonds is 3. The first-order valence-corrected chi connectivity index (χ1v) is 7.02. The Labute approximate surface area is 115 Å². The summed E-state index contributed by atoms with van der Waals surface area (Å²) in [6, 6.07) is 0. The Morgan fingerprint density at radius 1 is 1.21 bits per heavy atom.